The molecule has 1 aliphatic rings. The van der Waals surface area contributed by atoms with Crippen LogP contribution in [0.1, 0.15) is 44.4 Å². The number of pyridine rings is 2. The SMILES string of the molecule is C.Nc1ccc(-c2cc(CC3CCC(N)CC3)ncc2Cl)nc1NCc1cccc(F)c1. The highest BCUT2D eigenvalue weighted by molar-refractivity contribution is 6.33. The molecule has 0 spiro atoms. The lowest BCUT2D eigenvalue weighted by Gasteiger charge is -2.25. The number of anilines is 2. The molecule has 1 aliphatic carbocycles. The zero-order valence-corrected chi connectivity index (χ0v) is 18.1. The first-order valence-corrected chi connectivity index (χ1v) is 11.0. The van der Waals surface area contributed by atoms with Gasteiger partial charge in [0.1, 0.15) is 11.6 Å². The molecule has 7 heteroatoms. The Morgan fingerprint density at radius 1 is 1.09 bits per heavy atom. The summed E-state index contributed by atoms with van der Waals surface area (Å²) in [6.07, 6.45) is 7.02. The maximum absolute atomic E-state index is 13.4. The molecule has 1 saturated carbocycles. The first-order valence-electron chi connectivity index (χ1n) is 10.6. The molecule has 0 unspecified atom stereocenters. The molecule has 2 aromatic heterocycles. The standard InChI is InChI=1S/C24H27ClFN5.CH4/c25-21-14-29-19(11-15-4-6-18(27)7-5-15)12-20(21)23-9-8-22(28)24(31-23)30-13-16-2-1-3-17(26)10-16;/h1-3,8-10,12,14-15,18H,4-7,11,13,27-28H2,(H,30,31);1H4. The van der Waals surface area contributed by atoms with E-state index in [-0.39, 0.29) is 13.2 Å². The van der Waals surface area contributed by atoms with Crippen LogP contribution in [0.25, 0.3) is 11.3 Å². The van der Waals surface area contributed by atoms with Crippen LogP contribution in [0.15, 0.2) is 48.7 Å². The Bertz CT molecular complexity index is 1050. The smallest absolute Gasteiger partial charge is 0.150 e. The van der Waals surface area contributed by atoms with Gasteiger partial charge in [0.05, 0.1) is 16.4 Å². The van der Waals surface area contributed by atoms with Gasteiger partial charge in [-0.1, -0.05) is 31.2 Å². The molecule has 4 rings (SSSR count). The zero-order chi connectivity index (χ0) is 21.8. The number of nitrogens with two attached hydrogens (primary N) is 2. The van der Waals surface area contributed by atoms with E-state index in [1.165, 1.54) is 12.1 Å². The quantitative estimate of drug-likeness (QED) is 0.435. The fourth-order valence-corrected chi connectivity index (χ4v) is 4.27. The minimum Gasteiger partial charge on any atom is -0.396 e. The van der Waals surface area contributed by atoms with Crippen molar-refractivity contribution in [2.75, 3.05) is 11.1 Å². The molecular weight excluding hydrogens is 425 g/mol. The second-order valence-corrected chi connectivity index (χ2v) is 8.67. The molecule has 3 aromatic rings. The minimum atomic E-state index is -0.273. The number of nitrogen functional groups attached to an aromatic ring is 1. The van der Waals surface area contributed by atoms with Crippen molar-refractivity contribution in [2.24, 2.45) is 11.7 Å². The van der Waals surface area contributed by atoms with Crippen LogP contribution < -0.4 is 16.8 Å². The van der Waals surface area contributed by atoms with Gasteiger partial charge in [0.15, 0.2) is 0 Å². The first kappa shape index (κ1) is 24.0. The third-order valence-electron chi connectivity index (χ3n) is 5.85. The number of hydrogen-bond acceptors (Lipinski definition) is 5. The summed E-state index contributed by atoms with van der Waals surface area (Å²) in [6, 6.07) is 12.4. The van der Waals surface area contributed by atoms with Crippen molar-refractivity contribution in [1.82, 2.24) is 9.97 Å². The lowest BCUT2D eigenvalue weighted by molar-refractivity contribution is 0.323. The fourth-order valence-electron chi connectivity index (χ4n) is 4.07. The number of rotatable bonds is 6. The Morgan fingerprint density at radius 2 is 1.88 bits per heavy atom. The van der Waals surface area contributed by atoms with E-state index >= 15 is 0 Å². The van der Waals surface area contributed by atoms with Crippen molar-refractivity contribution in [1.29, 1.82) is 0 Å². The molecule has 5 nitrogen and oxygen atoms in total. The molecule has 0 atom stereocenters. The van der Waals surface area contributed by atoms with Crippen LogP contribution in [0.5, 0.6) is 0 Å². The molecule has 32 heavy (non-hydrogen) atoms. The number of halogens is 2. The molecule has 1 aromatic carbocycles. The predicted molar refractivity (Wildman–Crippen MR) is 131 cm³/mol. The van der Waals surface area contributed by atoms with Crippen molar-refractivity contribution >= 4 is 23.1 Å². The van der Waals surface area contributed by atoms with E-state index in [9.17, 15) is 4.39 Å². The van der Waals surface area contributed by atoms with E-state index in [1.807, 2.05) is 18.2 Å². The first-order chi connectivity index (χ1) is 15.0. The second-order valence-electron chi connectivity index (χ2n) is 8.26. The number of nitrogens with one attached hydrogen (secondary N) is 1. The fraction of sp³-hybridized carbons (Fsp3) is 0.360. The number of nitrogens with zero attached hydrogens (tertiary/aromatic N) is 2. The summed E-state index contributed by atoms with van der Waals surface area (Å²) in [6.45, 7) is 0.414. The van der Waals surface area contributed by atoms with Crippen molar-refractivity contribution in [2.45, 2.75) is 52.1 Å². The van der Waals surface area contributed by atoms with Gasteiger partial charge in [-0.2, -0.15) is 0 Å². The van der Waals surface area contributed by atoms with Crippen LogP contribution in [-0.2, 0) is 13.0 Å². The summed E-state index contributed by atoms with van der Waals surface area (Å²) < 4.78 is 13.4. The lowest BCUT2D eigenvalue weighted by atomic mass is 9.83. The summed E-state index contributed by atoms with van der Waals surface area (Å²) in [5.41, 5.74) is 16.0. The lowest BCUT2D eigenvalue weighted by Crippen LogP contribution is -2.27. The van der Waals surface area contributed by atoms with Crippen LogP contribution >= 0.6 is 11.6 Å². The summed E-state index contributed by atoms with van der Waals surface area (Å²) >= 11 is 6.46. The molecular formula is C25H31ClFN5. The van der Waals surface area contributed by atoms with E-state index in [1.54, 1.807) is 18.3 Å². The van der Waals surface area contributed by atoms with Gasteiger partial charge >= 0.3 is 0 Å². The number of benzene rings is 1. The predicted octanol–water partition coefficient (Wildman–Crippen LogP) is 5.83. The van der Waals surface area contributed by atoms with Crippen molar-refractivity contribution in [3.8, 4) is 11.3 Å². The highest BCUT2D eigenvalue weighted by Gasteiger charge is 2.20. The number of aromatic nitrogens is 2. The highest BCUT2D eigenvalue weighted by Crippen LogP contribution is 2.32. The van der Waals surface area contributed by atoms with Gasteiger partial charge in [0.25, 0.3) is 0 Å². The molecule has 0 saturated heterocycles. The Labute approximate surface area is 194 Å². The molecule has 0 amide bonds. The van der Waals surface area contributed by atoms with Crippen molar-refractivity contribution in [3.05, 3.63) is 70.8 Å². The molecule has 5 N–H and O–H groups in total. The van der Waals surface area contributed by atoms with E-state index in [0.29, 0.717) is 35.0 Å². The number of hydrogen-bond donors (Lipinski definition) is 3. The van der Waals surface area contributed by atoms with Crippen molar-refractivity contribution < 1.29 is 4.39 Å². The van der Waals surface area contributed by atoms with Gasteiger partial charge in [-0.3, -0.25) is 4.98 Å². The topological polar surface area (TPSA) is 89.9 Å². The van der Waals surface area contributed by atoms with Crippen LogP contribution in [0.4, 0.5) is 15.9 Å². The van der Waals surface area contributed by atoms with Gasteiger partial charge in [-0.25, -0.2) is 9.37 Å². The molecule has 0 radical (unpaired) electrons. The Hall–Kier alpha value is -2.70. The third kappa shape index (κ3) is 5.96. The van der Waals surface area contributed by atoms with E-state index in [0.717, 1.165) is 54.6 Å². The summed E-state index contributed by atoms with van der Waals surface area (Å²) in [4.78, 5) is 9.22. The molecule has 0 aliphatic heterocycles. The normalized spacial score (nSPS) is 18.1. The van der Waals surface area contributed by atoms with E-state index in [2.05, 4.69) is 15.3 Å². The molecule has 0 bridgehead atoms. The van der Waals surface area contributed by atoms with E-state index in [4.69, 9.17) is 23.1 Å². The minimum absolute atomic E-state index is 0. The van der Waals surface area contributed by atoms with Gasteiger partial charge in [0, 0.05) is 30.0 Å². The Balaban J connectivity index is 0.00000289. The summed E-state index contributed by atoms with van der Waals surface area (Å²) in [7, 11) is 0. The molecule has 2 heterocycles. The molecule has 170 valence electrons. The van der Waals surface area contributed by atoms with Crippen LogP contribution in [0, 0.1) is 11.7 Å². The van der Waals surface area contributed by atoms with Gasteiger partial charge in [-0.05, 0) is 73.9 Å². The largest absolute Gasteiger partial charge is 0.396 e. The monoisotopic (exact) mass is 455 g/mol. The zero-order valence-electron chi connectivity index (χ0n) is 17.3. The van der Waals surface area contributed by atoms with Crippen LogP contribution in [0.3, 0.4) is 0 Å². The highest BCUT2D eigenvalue weighted by atomic mass is 35.5. The van der Waals surface area contributed by atoms with Crippen LogP contribution in [-0.4, -0.2) is 16.0 Å². The van der Waals surface area contributed by atoms with E-state index < -0.39 is 0 Å². The molecule has 1 fully saturated rings. The third-order valence-corrected chi connectivity index (χ3v) is 6.15. The van der Waals surface area contributed by atoms with Gasteiger partial charge in [0.2, 0.25) is 0 Å². The average molecular weight is 456 g/mol. The maximum Gasteiger partial charge on any atom is 0.150 e. The van der Waals surface area contributed by atoms with Gasteiger partial charge < -0.3 is 16.8 Å². The Morgan fingerprint density at radius 3 is 2.62 bits per heavy atom. The van der Waals surface area contributed by atoms with Gasteiger partial charge in [-0.15, -0.1) is 0 Å². The maximum atomic E-state index is 13.4. The second kappa shape index (κ2) is 10.7. The average Bonchev–Trinajstić information content (AvgIpc) is 2.76. The Kier molecular flexibility index (Phi) is 8.04. The summed E-state index contributed by atoms with van der Waals surface area (Å²) in [5.74, 6) is 0.867. The summed E-state index contributed by atoms with van der Waals surface area (Å²) in [5, 5.41) is 3.74. The van der Waals surface area contributed by atoms with Crippen LogP contribution in [0.2, 0.25) is 5.02 Å². The van der Waals surface area contributed by atoms with Crippen molar-refractivity contribution in [3.63, 3.8) is 0 Å².